The Morgan fingerprint density at radius 2 is 2.12 bits per heavy atom. The number of unbranched alkanes of at least 4 members (excludes halogenated alkanes) is 4. The molecule has 0 heterocycles. The van der Waals surface area contributed by atoms with Crippen LogP contribution in [0.4, 0.5) is 0 Å². The summed E-state index contributed by atoms with van der Waals surface area (Å²) < 4.78 is 0. The van der Waals surface area contributed by atoms with Crippen LogP contribution < -0.4 is 0 Å². The number of hydrogen-bond acceptors (Lipinski definition) is 0. The van der Waals surface area contributed by atoms with Crippen molar-refractivity contribution in [2.75, 3.05) is 0 Å². The molecule has 1 rings (SSSR count). The first-order valence-electron chi connectivity index (χ1n) is 6.98. The Labute approximate surface area is 102 Å². The molecule has 1 unspecified atom stereocenters. The predicted octanol–water partition coefficient (Wildman–Crippen LogP) is 4.95. The Morgan fingerprint density at radius 1 is 1.25 bits per heavy atom. The van der Waals surface area contributed by atoms with E-state index in [1.54, 1.807) is 0 Å². The maximum absolute atomic E-state index is 5.41. The maximum Gasteiger partial charge on any atom is 0.0120 e. The van der Waals surface area contributed by atoms with Crippen LogP contribution in [0.1, 0.15) is 64.7 Å². The van der Waals surface area contributed by atoms with Crippen molar-refractivity contribution in [1.82, 2.24) is 0 Å². The normalized spacial score (nSPS) is 25.0. The van der Waals surface area contributed by atoms with Gasteiger partial charge in [0, 0.05) is 6.42 Å². The standard InChI is InChI=1S/C16H26/c1-3-5-6-7-8-9-12-16-14-10-13-15(16)11-4-2/h2,9,12,15-16H,3,5-8,10-11,13-14H2,1H3/b12-9+/t15-,16?/m0/s1. The quantitative estimate of drug-likeness (QED) is 0.322. The minimum absolute atomic E-state index is 0.775. The van der Waals surface area contributed by atoms with Gasteiger partial charge in [-0.15, -0.1) is 12.3 Å². The number of rotatable bonds is 7. The number of terminal acetylenes is 1. The molecule has 2 atom stereocenters. The van der Waals surface area contributed by atoms with Gasteiger partial charge in [-0.1, -0.05) is 44.8 Å². The van der Waals surface area contributed by atoms with Crippen molar-refractivity contribution in [3.63, 3.8) is 0 Å². The van der Waals surface area contributed by atoms with E-state index in [9.17, 15) is 0 Å². The van der Waals surface area contributed by atoms with Gasteiger partial charge in [-0.25, -0.2) is 0 Å². The Morgan fingerprint density at radius 3 is 2.88 bits per heavy atom. The van der Waals surface area contributed by atoms with E-state index in [1.807, 2.05) is 0 Å². The molecule has 0 N–H and O–H groups in total. The molecule has 90 valence electrons. The van der Waals surface area contributed by atoms with Crippen LogP contribution in [0.2, 0.25) is 0 Å². The fourth-order valence-electron chi connectivity index (χ4n) is 2.68. The lowest BCUT2D eigenvalue weighted by Gasteiger charge is -2.12. The zero-order valence-corrected chi connectivity index (χ0v) is 10.8. The van der Waals surface area contributed by atoms with Gasteiger partial charge in [0.2, 0.25) is 0 Å². The van der Waals surface area contributed by atoms with Crippen molar-refractivity contribution >= 4 is 0 Å². The molecule has 0 bridgehead atoms. The predicted molar refractivity (Wildman–Crippen MR) is 72.2 cm³/mol. The number of allylic oxidation sites excluding steroid dienone is 2. The summed E-state index contributed by atoms with van der Waals surface area (Å²) in [6, 6.07) is 0. The first-order valence-corrected chi connectivity index (χ1v) is 6.98. The lowest BCUT2D eigenvalue weighted by atomic mass is 9.92. The average Bonchev–Trinajstić information content (AvgIpc) is 2.72. The van der Waals surface area contributed by atoms with Gasteiger partial charge in [-0.2, -0.15) is 0 Å². The highest BCUT2D eigenvalue weighted by Crippen LogP contribution is 2.34. The first kappa shape index (κ1) is 13.4. The largest absolute Gasteiger partial charge is 0.120 e. The number of hydrogen-bond donors (Lipinski definition) is 0. The summed E-state index contributed by atoms with van der Waals surface area (Å²) in [4.78, 5) is 0. The lowest BCUT2D eigenvalue weighted by Crippen LogP contribution is -2.03. The van der Waals surface area contributed by atoms with Crippen LogP contribution in [0.3, 0.4) is 0 Å². The van der Waals surface area contributed by atoms with Gasteiger partial charge in [-0.05, 0) is 37.5 Å². The van der Waals surface area contributed by atoms with E-state index in [0.29, 0.717) is 0 Å². The molecule has 0 nitrogen and oxygen atoms in total. The van der Waals surface area contributed by atoms with E-state index >= 15 is 0 Å². The van der Waals surface area contributed by atoms with Crippen molar-refractivity contribution in [1.29, 1.82) is 0 Å². The van der Waals surface area contributed by atoms with E-state index in [0.717, 1.165) is 18.3 Å². The highest BCUT2D eigenvalue weighted by Gasteiger charge is 2.23. The third-order valence-corrected chi connectivity index (χ3v) is 3.71. The van der Waals surface area contributed by atoms with Crippen LogP contribution in [0.15, 0.2) is 12.2 Å². The minimum atomic E-state index is 0.775. The van der Waals surface area contributed by atoms with E-state index in [-0.39, 0.29) is 0 Å². The second-order valence-electron chi connectivity index (χ2n) is 5.04. The molecule has 0 aliphatic heterocycles. The van der Waals surface area contributed by atoms with E-state index < -0.39 is 0 Å². The molecule has 0 spiro atoms. The molecule has 1 aliphatic rings. The maximum atomic E-state index is 5.41. The summed E-state index contributed by atoms with van der Waals surface area (Å²) in [6.07, 6.45) is 22.0. The molecule has 1 fully saturated rings. The molecule has 0 aromatic carbocycles. The summed E-state index contributed by atoms with van der Waals surface area (Å²) in [6.45, 7) is 2.26. The van der Waals surface area contributed by atoms with E-state index in [1.165, 1.54) is 51.4 Å². The van der Waals surface area contributed by atoms with Crippen molar-refractivity contribution in [3.8, 4) is 12.3 Å². The van der Waals surface area contributed by atoms with Gasteiger partial charge in [0.25, 0.3) is 0 Å². The smallest absolute Gasteiger partial charge is 0.0120 e. The SMILES string of the molecule is C#CC[C@H]1CCCC1/C=C/CCCCCC. The Kier molecular flexibility index (Phi) is 7.06. The Balaban J connectivity index is 2.15. The van der Waals surface area contributed by atoms with E-state index in [2.05, 4.69) is 25.0 Å². The summed E-state index contributed by atoms with van der Waals surface area (Å²) in [7, 11) is 0. The Hall–Kier alpha value is -0.700. The zero-order chi connectivity index (χ0) is 11.6. The highest BCUT2D eigenvalue weighted by molar-refractivity contribution is 4.99. The van der Waals surface area contributed by atoms with Crippen molar-refractivity contribution < 1.29 is 0 Å². The zero-order valence-electron chi connectivity index (χ0n) is 10.8. The molecule has 0 heteroatoms. The van der Waals surface area contributed by atoms with Gasteiger partial charge in [-0.3, -0.25) is 0 Å². The fraction of sp³-hybridized carbons (Fsp3) is 0.750. The van der Waals surface area contributed by atoms with E-state index in [4.69, 9.17) is 6.42 Å². The van der Waals surface area contributed by atoms with Gasteiger partial charge in [0.15, 0.2) is 0 Å². The van der Waals surface area contributed by atoms with Crippen LogP contribution in [0.25, 0.3) is 0 Å². The first-order chi connectivity index (χ1) is 7.88. The summed E-state index contributed by atoms with van der Waals surface area (Å²) >= 11 is 0. The molecule has 16 heavy (non-hydrogen) atoms. The molecule has 0 amide bonds. The molecular weight excluding hydrogens is 192 g/mol. The lowest BCUT2D eigenvalue weighted by molar-refractivity contribution is 0.469. The average molecular weight is 218 g/mol. The highest BCUT2D eigenvalue weighted by atomic mass is 14.3. The van der Waals surface area contributed by atoms with Crippen molar-refractivity contribution in [3.05, 3.63) is 12.2 Å². The summed E-state index contributed by atoms with van der Waals surface area (Å²) in [5.41, 5.74) is 0. The van der Waals surface area contributed by atoms with Crippen LogP contribution >= 0.6 is 0 Å². The molecule has 0 saturated heterocycles. The second-order valence-corrected chi connectivity index (χ2v) is 5.04. The van der Waals surface area contributed by atoms with Gasteiger partial charge in [0.1, 0.15) is 0 Å². The summed E-state index contributed by atoms with van der Waals surface area (Å²) in [5.74, 6) is 4.38. The molecular formula is C16H26. The second kappa shape index (κ2) is 8.45. The van der Waals surface area contributed by atoms with Crippen LogP contribution in [-0.2, 0) is 0 Å². The Bertz CT molecular complexity index is 231. The molecule has 0 radical (unpaired) electrons. The monoisotopic (exact) mass is 218 g/mol. The van der Waals surface area contributed by atoms with Crippen molar-refractivity contribution in [2.24, 2.45) is 11.8 Å². The topological polar surface area (TPSA) is 0 Å². The van der Waals surface area contributed by atoms with Crippen molar-refractivity contribution in [2.45, 2.75) is 64.7 Å². The van der Waals surface area contributed by atoms with Crippen LogP contribution in [0, 0.1) is 24.2 Å². The third kappa shape index (κ3) is 4.88. The van der Waals surface area contributed by atoms with Crippen LogP contribution in [0.5, 0.6) is 0 Å². The van der Waals surface area contributed by atoms with Gasteiger partial charge < -0.3 is 0 Å². The van der Waals surface area contributed by atoms with Crippen LogP contribution in [-0.4, -0.2) is 0 Å². The fourth-order valence-corrected chi connectivity index (χ4v) is 2.68. The molecule has 1 saturated carbocycles. The van der Waals surface area contributed by atoms with Gasteiger partial charge >= 0.3 is 0 Å². The third-order valence-electron chi connectivity index (χ3n) is 3.71. The molecule has 1 aliphatic carbocycles. The molecule has 0 aromatic heterocycles. The summed E-state index contributed by atoms with van der Waals surface area (Å²) in [5, 5.41) is 0. The minimum Gasteiger partial charge on any atom is -0.120 e. The van der Waals surface area contributed by atoms with Gasteiger partial charge in [0.05, 0.1) is 0 Å². The molecule has 0 aromatic rings.